The Morgan fingerprint density at radius 1 is 1.67 bits per heavy atom. The highest BCUT2D eigenvalue weighted by atomic mass is 35.5. The maximum atomic E-state index is 13.1. The molecule has 0 radical (unpaired) electrons. The Morgan fingerprint density at radius 2 is 2.33 bits per heavy atom. The first-order valence-corrected chi connectivity index (χ1v) is 4.96. The summed E-state index contributed by atoms with van der Waals surface area (Å²) in [6.07, 6.45) is 1.54. The molecule has 0 saturated heterocycles. The highest BCUT2D eigenvalue weighted by Crippen LogP contribution is 2.14. The Kier molecular flexibility index (Phi) is 3.82. The first-order valence-electron chi connectivity index (χ1n) is 4.59. The molecule has 4 nitrogen and oxygen atoms in total. The van der Waals surface area contributed by atoms with Gasteiger partial charge >= 0.3 is 0 Å². The van der Waals surface area contributed by atoms with Gasteiger partial charge in [-0.2, -0.15) is 4.98 Å². The molecule has 0 saturated carbocycles. The molecule has 0 aliphatic heterocycles. The zero-order chi connectivity index (χ0) is 11.5. The maximum absolute atomic E-state index is 13.1. The number of anilines is 1. The average Bonchev–Trinajstić information content (AvgIpc) is 2.20. The summed E-state index contributed by atoms with van der Waals surface area (Å²) in [7, 11) is 0. The molecular weight excluding hydrogens is 221 g/mol. The van der Waals surface area contributed by atoms with Gasteiger partial charge in [0.1, 0.15) is 0 Å². The molecule has 0 bridgehead atoms. The zero-order valence-corrected chi connectivity index (χ0v) is 9.35. The van der Waals surface area contributed by atoms with Crippen LogP contribution in [0.5, 0.6) is 0 Å². The summed E-state index contributed by atoms with van der Waals surface area (Å²) >= 11 is 5.51. The summed E-state index contributed by atoms with van der Waals surface area (Å²) in [6, 6.07) is 0. The van der Waals surface area contributed by atoms with Crippen LogP contribution in [0.3, 0.4) is 0 Å². The van der Waals surface area contributed by atoms with E-state index < -0.39 is 11.4 Å². The van der Waals surface area contributed by atoms with Crippen molar-refractivity contribution in [3.8, 4) is 0 Å². The van der Waals surface area contributed by atoms with Gasteiger partial charge in [-0.25, -0.2) is 9.37 Å². The molecule has 0 aliphatic rings. The van der Waals surface area contributed by atoms with Crippen LogP contribution in [-0.4, -0.2) is 27.2 Å². The van der Waals surface area contributed by atoms with Crippen molar-refractivity contribution in [2.75, 3.05) is 11.9 Å². The van der Waals surface area contributed by atoms with Gasteiger partial charge in [0.2, 0.25) is 5.28 Å². The standard InChI is InChI=1S/C9H13ClFN3O/c1-3-9(2,15)5-13-7-6(11)4-12-8(10)14-7/h4,15H,3,5H2,1-2H3,(H,12,13,14). The van der Waals surface area contributed by atoms with E-state index in [1.54, 1.807) is 6.92 Å². The predicted molar refractivity (Wildman–Crippen MR) is 56.4 cm³/mol. The Balaban J connectivity index is 2.69. The summed E-state index contributed by atoms with van der Waals surface area (Å²) in [5, 5.41) is 12.3. The number of aliphatic hydroxyl groups is 1. The van der Waals surface area contributed by atoms with Gasteiger partial charge in [-0.3, -0.25) is 0 Å². The van der Waals surface area contributed by atoms with E-state index in [2.05, 4.69) is 15.3 Å². The van der Waals surface area contributed by atoms with Gasteiger partial charge in [-0.15, -0.1) is 0 Å². The third-order valence-corrected chi connectivity index (χ3v) is 2.30. The minimum Gasteiger partial charge on any atom is -0.388 e. The third kappa shape index (κ3) is 3.60. The van der Waals surface area contributed by atoms with Crippen LogP contribution in [0.1, 0.15) is 20.3 Å². The fourth-order valence-electron chi connectivity index (χ4n) is 0.869. The fraction of sp³-hybridized carbons (Fsp3) is 0.556. The summed E-state index contributed by atoms with van der Waals surface area (Å²) < 4.78 is 13.1. The Morgan fingerprint density at radius 3 is 2.93 bits per heavy atom. The first kappa shape index (κ1) is 12.1. The molecule has 0 spiro atoms. The van der Waals surface area contributed by atoms with E-state index in [1.165, 1.54) is 0 Å². The zero-order valence-electron chi connectivity index (χ0n) is 8.59. The molecule has 1 atom stereocenters. The van der Waals surface area contributed by atoms with Crippen LogP contribution in [0.4, 0.5) is 10.2 Å². The van der Waals surface area contributed by atoms with Crippen LogP contribution in [0.15, 0.2) is 6.20 Å². The number of nitrogens with one attached hydrogen (secondary N) is 1. The first-order chi connectivity index (χ1) is 6.94. The van der Waals surface area contributed by atoms with E-state index in [4.69, 9.17) is 11.6 Å². The molecule has 15 heavy (non-hydrogen) atoms. The quantitative estimate of drug-likeness (QED) is 0.780. The number of hydrogen-bond donors (Lipinski definition) is 2. The number of aromatic nitrogens is 2. The number of hydrogen-bond acceptors (Lipinski definition) is 4. The van der Waals surface area contributed by atoms with E-state index in [9.17, 15) is 9.50 Å². The summed E-state index contributed by atoms with van der Waals surface area (Å²) in [5.74, 6) is -0.588. The van der Waals surface area contributed by atoms with Crippen molar-refractivity contribution in [2.45, 2.75) is 25.9 Å². The predicted octanol–water partition coefficient (Wildman–Crippen LogP) is 1.84. The normalized spacial score (nSPS) is 14.7. The third-order valence-electron chi connectivity index (χ3n) is 2.11. The van der Waals surface area contributed by atoms with E-state index in [1.807, 2.05) is 6.92 Å². The van der Waals surface area contributed by atoms with Crippen molar-refractivity contribution in [3.63, 3.8) is 0 Å². The van der Waals surface area contributed by atoms with Gasteiger partial charge in [-0.05, 0) is 24.9 Å². The van der Waals surface area contributed by atoms with Crippen LogP contribution in [0, 0.1) is 5.82 Å². The molecule has 0 aliphatic carbocycles. The van der Waals surface area contributed by atoms with Gasteiger partial charge in [0.15, 0.2) is 11.6 Å². The number of nitrogens with zero attached hydrogens (tertiary/aromatic N) is 2. The molecule has 2 N–H and O–H groups in total. The minimum absolute atomic E-state index is 0.00345. The largest absolute Gasteiger partial charge is 0.388 e. The molecule has 1 aromatic rings. The van der Waals surface area contributed by atoms with Gasteiger partial charge < -0.3 is 10.4 Å². The second-order valence-electron chi connectivity index (χ2n) is 3.54. The Labute approximate surface area is 92.5 Å². The van der Waals surface area contributed by atoms with Crippen LogP contribution < -0.4 is 5.32 Å². The SMILES string of the molecule is CCC(C)(O)CNc1nc(Cl)ncc1F. The lowest BCUT2D eigenvalue weighted by Crippen LogP contribution is -2.32. The second-order valence-corrected chi connectivity index (χ2v) is 3.88. The van der Waals surface area contributed by atoms with Crippen LogP contribution in [0.2, 0.25) is 5.28 Å². The van der Waals surface area contributed by atoms with Gasteiger partial charge in [0, 0.05) is 6.54 Å². The molecule has 0 fully saturated rings. The van der Waals surface area contributed by atoms with Gasteiger partial charge in [0.05, 0.1) is 11.8 Å². The molecule has 1 aromatic heterocycles. The molecule has 0 aromatic carbocycles. The summed E-state index contributed by atoms with van der Waals surface area (Å²) in [4.78, 5) is 7.15. The molecule has 6 heteroatoms. The molecule has 0 amide bonds. The maximum Gasteiger partial charge on any atom is 0.224 e. The van der Waals surface area contributed by atoms with Crippen LogP contribution in [0.25, 0.3) is 0 Å². The summed E-state index contributed by atoms with van der Waals surface area (Å²) in [6.45, 7) is 3.69. The summed E-state index contributed by atoms with van der Waals surface area (Å²) in [5.41, 5.74) is -0.899. The number of halogens is 2. The van der Waals surface area contributed by atoms with E-state index in [0.717, 1.165) is 6.20 Å². The molecular formula is C9H13ClFN3O. The Hall–Kier alpha value is -0.940. The lowest BCUT2D eigenvalue weighted by molar-refractivity contribution is 0.0696. The number of rotatable bonds is 4. The molecule has 1 heterocycles. The van der Waals surface area contributed by atoms with Crippen molar-refractivity contribution in [1.29, 1.82) is 0 Å². The molecule has 1 unspecified atom stereocenters. The van der Waals surface area contributed by atoms with Crippen LogP contribution >= 0.6 is 11.6 Å². The van der Waals surface area contributed by atoms with Crippen molar-refractivity contribution in [2.24, 2.45) is 0 Å². The lowest BCUT2D eigenvalue weighted by atomic mass is 10.0. The molecule has 1 rings (SSSR count). The van der Waals surface area contributed by atoms with Crippen molar-refractivity contribution >= 4 is 17.4 Å². The van der Waals surface area contributed by atoms with Crippen LogP contribution in [-0.2, 0) is 0 Å². The molecule has 84 valence electrons. The van der Waals surface area contributed by atoms with E-state index in [0.29, 0.717) is 6.42 Å². The highest BCUT2D eigenvalue weighted by Gasteiger charge is 2.18. The van der Waals surface area contributed by atoms with Crippen molar-refractivity contribution in [3.05, 3.63) is 17.3 Å². The topological polar surface area (TPSA) is 58.0 Å². The minimum atomic E-state index is -0.899. The second kappa shape index (κ2) is 4.72. The highest BCUT2D eigenvalue weighted by molar-refractivity contribution is 6.28. The van der Waals surface area contributed by atoms with Crippen molar-refractivity contribution in [1.82, 2.24) is 9.97 Å². The van der Waals surface area contributed by atoms with Crippen molar-refractivity contribution < 1.29 is 9.50 Å². The van der Waals surface area contributed by atoms with E-state index in [-0.39, 0.29) is 17.6 Å². The Bertz CT molecular complexity index is 346. The fourth-order valence-corrected chi connectivity index (χ4v) is 1.00. The lowest BCUT2D eigenvalue weighted by Gasteiger charge is -2.21. The monoisotopic (exact) mass is 233 g/mol. The van der Waals surface area contributed by atoms with E-state index >= 15 is 0 Å². The van der Waals surface area contributed by atoms with Gasteiger partial charge in [-0.1, -0.05) is 6.92 Å². The van der Waals surface area contributed by atoms with Gasteiger partial charge in [0.25, 0.3) is 0 Å². The average molecular weight is 234 g/mol. The smallest absolute Gasteiger partial charge is 0.224 e.